The number of nitrogens with two attached hydrogens (primary N) is 1. The van der Waals surface area contributed by atoms with Crippen molar-refractivity contribution in [3.8, 4) is 39.8 Å². The quantitative estimate of drug-likeness (QED) is 0.114. The number of aromatic nitrogens is 2. The lowest BCUT2D eigenvalue weighted by molar-refractivity contribution is 0.0591. The third-order valence-electron chi connectivity index (χ3n) is 6.75. The molecule has 0 aliphatic carbocycles. The molecule has 2 aromatic heterocycles. The second-order valence-corrected chi connectivity index (χ2v) is 10.5. The standard InChI is InChI=1S/C32H29N3O7.H2O4S/c1-38-26-15-19(16-27(39-2)30(26)40-3)28-24-13-12-23(42-18-21-7-5-6-14-34-21)17-25(24)31(36)35(29(28)32(37)41-4)22-10-8-20(33)9-11-22;1-5(2,3)4/h5-17H,18,33H2,1-4H3;(H2,1,2,3,4). The van der Waals surface area contributed by atoms with Gasteiger partial charge in [0.15, 0.2) is 11.5 Å². The second-order valence-electron chi connectivity index (χ2n) is 9.63. The van der Waals surface area contributed by atoms with Crippen molar-refractivity contribution in [3.05, 3.63) is 101 Å². The van der Waals surface area contributed by atoms with Crippen LogP contribution in [0.1, 0.15) is 16.2 Å². The third kappa shape index (κ3) is 7.96. The van der Waals surface area contributed by atoms with Crippen LogP contribution >= 0.6 is 0 Å². The van der Waals surface area contributed by atoms with Gasteiger partial charge in [0.05, 0.1) is 39.5 Å². The molecule has 0 unspecified atom stereocenters. The first-order valence-corrected chi connectivity index (χ1v) is 15.0. The maximum atomic E-state index is 14.2. The second kappa shape index (κ2) is 14.6. The Labute approximate surface area is 269 Å². The van der Waals surface area contributed by atoms with Gasteiger partial charge in [0.2, 0.25) is 5.75 Å². The van der Waals surface area contributed by atoms with Gasteiger partial charge in [0, 0.05) is 23.1 Å². The summed E-state index contributed by atoms with van der Waals surface area (Å²) in [4.78, 5) is 32.0. The third-order valence-corrected chi connectivity index (χ3v) is 6.75. The van der Waals surface area contributed by atoms with Crippen LogP contribution in [-0.4, -0.2) is 61.5 Å². The van der Waals surface area contributed by atoms with Crippen LogP contribution < -0.4 is 30.2 Å². The number of esters is 1. The van der Waals surface area contributed by atoms with Gasteiger partial charge in [0.25, 0.3) is 5.56 Å². The van der Waals surface area contributed by atoms with E-state index in [1.165, 1.54) is 33.0 Å². The van der Waals surface area contributed by atoms with E-state index < -0.39 is 21.9 Å². The number of rotatable bonds is 9. The molecule has 0 bridgehead atoms. The van der Waals surface area contributed by atoms with E-state index >= 15 is 0 Å². The zero-order valence-electron chi connectivity index (χ0n) is 25.7. The van der Waals surface area contributed by atoms with Crippen molar-refractivity contribution in [1.29, 1.82) is 0 Å². The van der Waals surface area contributed by atoms with Crippen molar-refractivity contribution in [2.75, 3.05) is 34.2 Å². The van der Waals surface area contributed by atoms with Crippen molar-refractivity contribution < 1.29 is 46.0 Å². The summed E-state index contributed by atoms with van der Waals surface area (Å²) in [6.07, 6.45) is 1.68. The molecule has 0 aliphatic heterocycles. The van der Waals surface area contributed by atoms with Gasteiger partial charge in [-0.3, -0.25) is 23.5 Å². The lowest BCUT2D eigenvalue weighted by atomic mass is 9.95. The van der Waals surface area contributed by atoms with E-state index in [2.05, 4.69) is 4.98 Å². The fourth-order valence-corrected chi connectivity index (χ4v) is 4.79. The van der Waals surface area contributed by atoms with Gasteiger partial charge < -0.3 is 29.4 Å². The number of benzene rings is 3. The van der Waals surface area contributed by atoms with E-state index in [0.717, 1.165) is 5.69 Å². The van der Waals surface area contributed by atoms with E-state index in [4.69, 9.17) is 46.9 Å². The normalized spacial score (nSPS) is 10.9. The average Bonchev–Trinajstić information content (AvgIpc) is 3.06. The van der Waals surface area contributed by atoms with Crippen LogP contribution in [-0.2, 0) is 21.7 Å². The van der Waals surface area contributed by atoms with Gasteiger partial charge >= 0.3 is 16.4 Å². The molecule has 5 rings (SSSR count). The molecule has 0 amide bonds. The molecular formula is C32H31N3O11S. The molecule has 15 heteroatoms. The van der Waals surface area contributed by atoms with E-state index in [-0.39, 0.29) is 12.3 Å². The van der Waals surface area contributed by atoms with Gasteiger partial charge in [-0.2, -0.15) is 8.42 Å². The van der Waals surface area contributed by atoms with E-state index in [9.17, 15) is 9.59 Å². The Kier molecular flexibility index (Phi) is 10.7. The summed E-state index contributed by atoms with van der Waals surface area (Å²) in [6.45, 7) is 0.207. The molecule has 4 N–H and O–H groups in total. The Hall–Kier alpha value is -5.64. The molecule has 0 spiro atoms. The number of pyridine rings is 2. The number of nitrogens with zero attached hydrogens (tertiary/aromatic N) is 2. The van der Waals surface area contributed by atoms with Gasteiger partial charge in [-0.1, -0.05) is 6.07 Å². The molecule has 47 heavy (non-hydrogen) atoms. The van der Waals surface area contributed by atoms with Crippen molar-refractivity contribution in [3.63, 3.8) is 0 Å². The number of hydrogen-bond donors (Lipinski definition) is 3. The summed E-state index contributed by atoms with van der Waals surface area (Å²) >= 11 is 0. The average molecular weight is 666 g/mol. The van der Waals surface area contributed by atoms with Crippen LogP contribution in [0, 0.1) is 0 Å². The molecule has 0 fully saturated rings. The summed E-state index contributed by atoms with van der Waals surface area (Å²) in [7, 11) is 1.10. The Morgan fingerprint density at radius 2 is 1.51 bits per heavy atom. The topological polar surface area (TPSA) is 199 Å². The van der Waals surface area contributed by atoms with E-state index in [0.29, 0.717) is 56.3 Å². The van der Waals surface area contributed by atoms with Gasteiger partial charge in [0.1, 0.15) is 18.1 Å². The molecule has 0 atom stereocenters. The minimum absolute atomic E-state index is 0.0104. The highest BCUT2D eigenvalue weighted by Gasteiger charge is 2.27. The predicted octanol–water partition coefficient (Wildman–Crippen LogP) is 4.37. The fraction of sp³-hybridized carbons (Fsp3) is 0.156. The minimum Gasteiger partial charge on any atom is -0.493 e. The van der Waals surface area contributed by atoms with E-state index in [1.54, 1.807) is 60.8 Å². The van der Waals surface area contributed by atoms with Crippen LogP contribution in [0.4, 0.5) is 5.69 Å². The zero-order chi connectivity index (χ0) is 34.3. The largest absolute Gasteiger partial charge is 0.493 e. The number of nitrogen functional groups attached to an aromatic ring is 1. The first kappa shape index (κ1) is 34.2. The lowest BCUT2D eigenvalue weighted by Gasteiger charge is -2.21. The number of ether oxygens (including phenoxy) is 5. The summed E-state index contributed by atoms with van der Waals surface area (Å²) < 4.78 is 60.8. The Morgan fingerprint density at radius 1 is 0.872 bits per heavy atom. The van der Waals surface area contributed by atoms with Crippen molar-refractivity contribution in [2.24, 2.45) is 0 Å². The van der Waals surface area contributed by atoms with Crippen LogP contribution in [0.25, 0.3) is 27.6 Å². The molecule has 5 aromatic rings. The Bertz CT molecular complexity index is 2030. The van der Waals surface area contributed by atoms with Crippen LogP contribution in [0.5, 0.6) is 23.0 Å². The highest BCUT2D eigenvalue weighted by molar-refractivity contribution is 7.79. The highest BCUT2D eigenvalue weighted by Crippen LogP contribution is 2.44. The summed E-state index contributed by atoms with van der Waals surface area (Å²) in [6, 6.07) is 20.7. The first-order valence-electron chi connectivity index (χ1n) is 13.6. The van der Waals surface area contributed by atoms with Crippen LogP contribution in [0.2, 0.25) is 0 Å². The minimum atomic E-state index is -4.67. The number of carbonyl (C=O) groups excluding carboxylic acids is 1. The maximum Gasteiger partial charge on any atom is 0.394 e. The number of fused-ring (bicyclic) bond motifs is 1. The van der Waals surface area contributed by atoms with Crippen molar-refractivity contribution >= 4 is 32.8 Å². The predicted molar refractivity (Wildman–Crippen MR) is 173 cm³/mol. The maximum absolute atomic E-state index is 14.2. The molecule has 0 radical (unpaired) electrons. The van der Waals surface area contributed by atoms with Gasteiger partial charge in [-0.15, -0.1) is 0 Å². The fourth-order valence-electron chi connectivity index (χ4n) is 4.79. The lowest BCUT2D eigenvalue weighted by Crippen LogP contribution is -2.27. The van der Waals surface area contributed by atoms with Crippen LogP contribution in [0.3, 0.4) is 0 Å². The summed E-state index contributed by atoms with van der Waals surface area (Å²) in [5, 5.41) is 0.799. The van der Waals surface area contributed by atoms with Crippen molar-refractivity contribution in [2.45, 2.75) is 6.61 Å². The van der Waals surface area contributed by atoms with Gasteiger partial charge in [-0.05, 0) is 77.7 Å². The monoisotopic (exact) mass is 665 g/mol. The molecule has 3 aromatic carbocycles. The molecule has 0 aliphatic rings. The number of methoxy groups -OCH3 is 4. The SMILES string of the molecule is COC(=O)c1c(-c2cc(OC)c(OC)c(OC)c2)c2ccc(OCc3ccccn3)cc2c(=O)n1-c1ccc(N)cc1.O=S(=O)(O)O. The van der Waals surface area contributed by atoms with Gasteiger partial charge in [-0.25, -0.2) is 4.79 Å². The molecule has 0 saturated carbocycles. The molecule has 246 valence electrons. The molecule has 0 saturated heterocycles. The smallest absolute Gasteiger partial charge is 0.394 e. The number of anilines is 1. The zero-order valence-corrected chi connectivity index (χ0v) is 26.5. The highest BCUT2D eigenvalue weighted by atomic mass is 32.3. The molecule has 2 heterocycles. The molecule has 14 nitrogen and oxygen atoms in total. The Balaban J connectivity index is 0.000000930. The van der Waals surface area contributed by atoms with Crippen molar-refractivity contribution in [1.82, 2.24) is 9.55 Å². The first-order chi connectivity index (χ1) is 22.4. The number of hydrogen-bond acceptors (Lipinski definition) is 11. The Morgan fingerprint density at radius 3 is 2.04 bits per heavy atom. The summed E-state index contributed by atoms with van der Waals surface area (Å²) in [5.74, 6) is 0.860. The summed E-state index contributed by atoms with van der Waals surface area (Å²) in [5.41, 5.74) is 8.10. The number of carbonyl (C=O) groups is 1. The van der Waals surface area contributed by atoms with Crippen LogP contribution in [0.15, 0.2) is 83.8 Å². The van der Waals surface area contributed by atoms with E-state index in [1.807, 2.05) is 18.2 Å². The molecular weight excluding hydrogens is 634 g/mol.